The highest BCUT2D eigenvalue weighted by molar-refractivity contribution is 7.92. The molecule has 4 aromatic rings. The Morgan fingerprint density at radius 2 is 1.51 bits per heavy atom. The van der Waals surface area contributed by atoms with Crippen LogP contribution in [0, 0.1) is 0 Å². The number of methoxy groups -OCH3 is 1. The Morgan fingerprint density at radius 3 is 2.21 bits per heavy atom. The predicted octanol–water partition coefficient (Wildman–Crippen LogP) is 5.24. The Bertz CT molecular complexity index is 1530. The van der Waals surface area contributed by atoms with Crippen molar-refractivity contribution in [3.8, 4) is 11.5 Å². The van der Waals surface area contributed by atoms with E-state index in [0.29, 0.717) is 35.0 Å². The van der Waals surface area contributed by atoms with E-state index in [4.69, 9.17) is 21.7 Å². The fourth-order valence-corrected chi connectivity index (χ4v) is 4.86. The number of amides is 1. The number of anilines is 2. The van der Waals surface area contributed by atoms with Crippen LogP contribution in [0.1, 0.15) is 15.9 Å². The zero-order valence-electron chi connectivity index (χ0n) is 21.1. The second-order valence-electron chi connectivity index (χ2n) is 8.38. The van der Waals surface area contributed by atoms with Gasteiger partial charge in [-0.3, -0.25) is 14.8 Å². The summed E-state index contributed by atoms with van der Waals surface area (Å²) in [5, 5.41) is 5.59. The van der Waals surface area contributed by atoms with Crippen molar-refractivity contribution >= 4 is 44.6 Å². The maximum absolute atomic E-state index is 12.7. The van der Waals surface area contributed by atoms with Gasteiger partial charge in [0.25, 0.3) is 15.9 Å². The Morgan fingerprint density at radius 1 is 0.821 bits per heavy atom. The van der Waals surface area contributed by atoms with Crippen LogP contribution in [0.4, 0.5) is 11.4 Å². The molecule has 0 atom stereocenters. The van der Waals surface area contributed by atoms with Crippen LogP contribution in [0.2, 0.25) is 0 Å². The average Bonchev–Trinajstić information content (AvgIpc) is 2.94. The molecule has 0 fully saturated rings. The summed E-state index contributed by atoms with van der Waals surface area (Å²) < 4.78 is 38.8. The SMILES string of the molecule is COc1ccc(NS(=O)(=O)c2ccc(NC(=S)NC(=O)c3cccc(OCCc4ccccc4)c3)cc2)cc1. The first-order valence-electron chi connectivity index (χ1n) is 12.0. The van der Waals surface area contributed by atoms with Gasteiger partial charge in [-0.25, -0.2) is 8.42 Å². The van der Waals surface area contributed by atoms with Crippen LogP contribution in [0.3, 0.4) is 0 Å². The molecule has 0 aliphatic carbocycles. The number of benzene rings is 4. The van der Waals surface area contributed by atoms with Gasteiger partial charge >= 0.3 is 0 Å². The molecule has 0 saturated carbocycles. The van der Waals surface area contributed by atoms with E-state index in [1.807, 2.05) is 30.3 Å². The number of rotatable bonds is 10. The molecule has 200 valence electrons. The molecule has 4 rings (SSSR count). The van der Waals surface area contributed by atoms with Crippen molar-refractivity contribution in [1.29, 1.82) is 0 Å². The summed E-state index contributed by atoms with van der Waals surface area (Å²) in [4.78, 5) is 12.8. The van der Waals surface area contributed by atoms with E-state index in [2.05, 4.69) is 15.4 Å². The van der Waals surface area contributed by atoms with Crippen LogP contribution >= 0.6 is 12.2 Å². The summed E-state index contributed by atoms with van der Waals surface area (Å²) >= 11 is 5.27. The first kappa shape index (κ1) is 27.6. The Hall–Kier alpha value is -4.41. The minimum absolute atomic E-state index is 0.0716. The molecule has 39 heavy (non-hydrogen) atoms. The third-order valence-corrected chi connectivity index (χ3v) is 7.19. The number of nitrogens with one attached hydrogen (secondary N) is 3. The predicted molar refractivity (Wildman–Crippen MR) is 156 cm³/mol. The van der Waals surface area contributed by atoms with E-state index >= 15 is 0 Å². The van der Waals surface area contributed by atoms with E-state index in [0.717, 1.165) is 6.42 Å². The quantitative estimate of drug-likeness (QED) is 0.227. The molecule has 0 saturated heterocycles. The van der Waals surface area contributed by atoms with Crippen molar-refractivity contribution in [2.24, 2.45) is 0 Å². The van der Waals surface area contributed by atoms with Gasteiger partial charge in [-0.2, -0.15) is 0 Å². The second kappa shape index (κ2) is 12.9. The number of ether oxygens (including phenoxy) is 2. The van der Waals surface area contributed by atoms with Gasteiger partial charge in [0.2, 0.25) is 0 Å². The summed E-state index contributed by atoms with van der Waals surface area (Å²) in [6.07, 6.45) is 0.753. The summed E-state index contributed by atoms with van der Waals surface area (Å²) in [7, 11) is -2.26. The molecular weight excluding hydrogens is 534 g/mol. The summed E-state index contributed by atoms with van der Waals surface area (Å²) in [6, 6.07) is 29.4. The molecule has 0 unspecified atom stereocenters. The van der Waals surface area contributed by atoms with E-state index < -0.39 is 15.9 Å². The molecule has 0 bridgehead atoms. The molecule has 3 N–H and O–H groups in total. The third kappa shape index (κ3) is 8.03. The molecule has 8 nitrogen and oxygen atoms in total. The fraction of sp³-hybridized carbons (Fsp3) is 0.103. The Balaban J connectivity index is 1.29. The van der Waals surface area contributed by atoms with Crippen LogP contribution in [0.5, 0.6) is 11.5 Å². The average molecular weight is 562 g/mol. The number of carbonyl (C=O) groups is 1. The molecule has 0 aromatic heterocycles. The minimum Gasteiger partial charge on any atom is -0.497 e. The molecule has 0 aliphatic rings. The van der Waals surface area contributed by atoms with Crippen molar-refractivity contribution in [3.05, 3.63) is 114 Å². The van der Waals surface area contributed by atoms with Crippen molar-refractivity contribution < 1.29 is 22.7 Å². The molecule has 0 heterocycles. The fourth-order valence-electron chi connectivity index (χ4n) is 3.59. The first-order valence-corrected chi connectivity index (χ1v) is 13.9. The highest BCUT2D eigenvalue weighted by atomic mass is 32.2. The first-order chi connectivity index (χ1) is 18.8. The smallest absolute Gasteiger partial charge is 0.261 e. The second-order valence-corrected chi connectivity index (χ2v) is 10.5. The Labute approximate surface area is 233 Å². The van der Waals surface area contributed by atoms with Crippen LogP contribution < -0.4 is 24.8 Å². The number of hydrogen-bond donors (Lipinski definition) is 3. The molecule has 1 amide bonds. The normalized spacial score (nSPS) is 10.8. The van der Waals surface area contributed by atoms with Gasteiger partial charge in [0.05, 0.1) is 18.6 Å². The maximum Gasteiger partial charge on any atom is 0.261 e. The summed E-state index contributed by atoms with van der Waals surface area (Å²) in [6.45, 7) is 0.483. The van der Waals surface area contributed by atoms with Gasteiger partial charge in [-0.05, 0) is 84.5 Å². The Kier molecular flexibility index (Phi) is 9.14. The van der Waals surface area contributed by atoms with Gasteiger partial charge in [-0.1, -0.05) is 36.4 Å². The minimum atomic E-state index is -3.79. The highest BCUT2D eigenvalue weighted by Crippen LogP contribution is 2.21. The summed E-state index contributed by atoms with van der Waals surface area (Å²) in [5.41, 5.74) is 2.48. The number of thiocarbonyl (C=S) groups is 1. The number of hydrogen-bond acceptors (Lipinski definition) is 6. The molecular formula is C29H27N3O5S2. The monoisotopic (exact) mass is 561 g/mol. The largest absolute Gasteiger partial charge is 0.497 e. The standard InChI is InChI=1S/C29H27N3O5S2/c1-36-25-14-10-24(11-15-25)32-39(34,35)27-16-12-23(13-17-27)30-29(38)31-28(33)22-8-5-9-26(20-22)37-19-18-21-6-3-2-4-7-21/h2-17,20,32H,18-19H2,1H3,(H2,30,31,33,38). The third-order valence-electron chi connectivity index (χ3n) is 5.59. The lowest BCUT2D eigenvalue weighted by molar-refractivity contribution is 0.0977. The van der Waals surface area contributed by atoms with Crippen LogP contribution in [-0.4, -0.2) is 33.2 Å². The van der Waals surface area contributed by atoms with Gasteiger partial charge in [0.1, 0.15) is 11.5 Å². The number of sulfonamides is 1. The summed E-state index contributed by atoms with van der Waals surface area (Å²) in [5.74, 6) is 0.803. The lowest BCUT2D eigenvalue weighted by Crippen LogP contribution is -2.34. The van der Waals surface area contributed by atoms with Crippen LogP contribution in [0.25, 0.3) is 0 Å². The highest BCUT2D eigenvalue weighted by Gasteiger charge is 2.15. The lowest BCUT2D eigenvalue weighted by atomic mass is 10.2. The molecule has 10 heteroatoms. The zero-order chi connectivity index (χ0) is 27.7. The molecule has 0 aliphatic heterocycles. The van der Waals surface area contributed by atoms with Crippen molar-refractivity contribution in [2.75, 3.05) is 23.8 Å². The maximum atomic E-state index is 12.7. The zero-order valence-corrected chi connectivity index (χ0v) is 22.7. The van der Waals surface area contributed by atoms with Crippen LogP contribution in [0.15, 0.2) is 108 Å². The van der Waals surface area contributed by atoms with Gasteiger partial charge in [0, 0.05) is 23.4 Å². The van der Waals surface area contributed by atoms with E-state index in [-0.39, 0.29) is 10.0 Å². The molecule has 0 spiro atoms. The molecule has 4 aromatic carbocycles. The van der Waals surface area contributed by atoms with Gasteiger partial charge in [0.15, 0.2) is 5.11 Å². The van der Waals surface area contributed by atoms with Crippen molar-refractivity contribution in [2.45, 2.75) is 11.3 Å². The van der Waals surface area contributed by atoms with E-state index in [1.165, 1.54) is 24.8 Å². The van der Waals surface area contributed by atoms with Crippen molar-refractivity contribution in [3.63, 3.8) is 0 Å². The number of carbonyl (C=O) groups excluding carboxylic acids is 1. The van der Waals surface area contributed by atoms with Gasteiger partial charge in [-0.15, -0.1) is 0 Å². The van der Waals surface area contributed by atoms with Crippen molar-refractivity contribution in [1.82, 2.24) is 5.32 Å². The topological polar surface area (TPSA) is 106 Å². The lowest BCUT2D eigenvalue weighted by Gasteiger charge is -2.12. The van der Waals surface area contributed by atoms with Gasteiger partial charge < -0.3 is 14.8 Å². The van der Waals surface area contributed by atoms with E-state index in [1.54, 1.807) is 60.7 Å². The van der Waals surface area contributed by atoms with Crippen LogP contribution in [-0.2, 0) is 16.4 Å². The van der Waals surface area contributed by atoms with E-state index in [9.17, 15) is 13.2 Å². The molecule has 0 radical (unpaired) electrons.